The molecule has 0 radical (unpaired) electrons. The smallest absolute Gasteiger partial charge is 0.330 e. The third-order valence-corrected chi connectivity index (χ3v) is 2.35. The Morgan fingerprint density at radius 1 is 1.75 bits per heavy atom. The molecule has 1 unspecified atom stereocenters. The Labute approximate surface area is 72.9 Å². The average Bonchev–Trinajstić information content (AvgIpc) is 2.36. The molecule has 1 aliphatic rings. The number of carbonyl (C=O) groups is 1. The van der Waals surface area contributed by atoms with E-state index >= 15 is 0 Å². The molecule has 0 aromatic rings. The Bertz CT molecular complexity index is 238. The fraction of sp³-hybridized carbons (Fsp3) is 0.500. The van der Waals surface area contributed by atoms with E-state index in [1.54, 1.807) is 6.08 Å². The molecule has 0 saturated heterocycles. The maximum absolute atomic E-state index is 10.9. The highest BCUT2D eigenvalue weighted by Gasteiger charge is 2.20. The minimum absolute atomic E-state index is 0.278. The molecule has 1 saturated carbocycles. The van der Waals surface area contributed by atoms with Crippen molar-refractivity contribution in [1.29, 1.82) is 0 Å². The van der Waals surface area contributed by atoms with Gasteiger partial charge >= 0.3 is 5.97 Å². The lowest BCUT2D eigenvalue weighted by Crippen LogP contribution is -1.97. The summed E-state index contributed by atoms with van der Waals surface area (Å²) in [4.78, 5) is 10.9. The van der Waals surface area contributed by atoms with E-state index in [1.807, 2.05) is 0 Å². The van der Waals surface area contributed by atoms with Gasteiger partial charge in [0, 0.05) is 6.08 Å². The van der Waals surface area contributed by atoms with Crippen molar-refractivity contribution in [3.8, 4) is 0 Å². The number of rotatable bonds is 1. The standard InChI is InChI=1S/C10H14O2/c1-7-4-5-9(8(7)2)6-10(11)12-3/h6-7H,2,4-5H2,1,3H3/b9-6+. The first-order chi connectivity index (χ1) is 5.65. The van der Waals surface area contributed by atoms with E-state index in [2.05, 4.69) is 18.2 Å². The maximum Gasteiger partial charge on any atom is 0.330 e. The van der Waals surface area contributed by atoms with E-state index in [-0.39, 0.29) is 5.97 Å². The van der Waals surface area contributed by atoms with Gasteiger partial charge in [-0.1, -0.05) is 13.5 Å². The van der Waals surface area contributed by atoms with Crippen LogP contribution in [0.2, 0.25) is 0 Å². The Morgan fingerprint density at radius 2 is 2.42 bits per heavy atom. The molecule has 12 heavy (non-hydrogen) atoms. The summed E-state index contributed by atoms with van der Waals surface area (Å²) in [5.74, 6) is 0.237. The molecule has 0 heterocycles. The van der Waals surface area contributed by atoms with Crippen LogP contribution in [0.3, 0.4) is 0 Å². The maximum atomic E-state index is 10.9. The first-order valence-electron chi connectivity index (χ1n) is 4.13. The summed E-state index contributed by atoms with van der Waals surface area (Å²) < 4.78 is 4.54. The quantitative estimate of drug-likeness (QED) is 0.440. The summed E-state index contributed by atoms with van der Waals surface area (Å²) in [6.45, 7) is 6.05. The second-order valence-corrected chi connectivity index (χ2v) is 3.16. The lowest BCUT2D eigenvalue weighted by Gasteiger charge is -2.01. The Hall–Kier alpha value is -1.05. The lowest BCUT2D eigenvalue weighted by molar-refractivity contribution is -0.134. The minimum Gasteiger partial charge on any atom is -0.466 e. The van der Waals surface area contributed by atoms with Crippen molar-refractivity contribution in [1.82, 2.24) is 0 Å². The predicted octanol–water partition coefficient (Wildman–Crippen LogP) is 2.07. The molecule has 66 valence electrons. The van der Waals surface area contributed by atoms with Crippen LogP contribution in [-0.4, -0.2) is 13.1 Å². The van der Waals surface area contributed by atoms with Gasteiger partial charge in [0.15, 0.2) is 0 Å². The average molecular weight is 166 g/mol. The molecule has 1 aliphatic carbocycles. The van der Waals surface area contributed by atoms with E-state index in [4.69, 9.17) is 0 Å². The Balaban J connectivity index is 2.71. The first-order valence-corrected chi connectivity index (χ1v) is 4.13. The number of hydrogen-bond donors (Lipinski definition) is 0. The molecule has 0 aliphatic heterocycles. The van der Waals surface area contributed by atoms with Gasteiger partial charge in [-0.25, -0.2) is 4.79 Å². The Morgan fingerprint density at radius 3 is 2.83 bits per heavy atom. The van der Waals surface area contributed by atoms with Gasteiger partial charge in [0.2, 0.25) is 0 Å². The first kappa shape index (κ1) is 9.04. The van der Waals surface area contributed by atoms with Crippen LogP contribution in [0, 0.1) is 5.92 Å². The fourth-order valence-electron chi connectivity index (χ4n) is 1.39. The van der Waals surface area contributed by atoms with Gasteiger partial charge in [0.05, 0.1) is 7.11 Å². The molecule has 0 aromatic carbocycles. The lowest BCUT2D eigenvalue weighted by atomic mass is 10.1. The molecule has 2 heteroatoms. The number of ether oxygens (including phenoxy) is 1. The van der Waals surface area contributed by atoms with Gasteiger partial charge in [0.25, 0.3) is 0 Å². The molecule has 2 nitrogen and oxygen atoms in total. The van der Waals surface area contributed by atoms with Crippen LogP contribution < -0.4 is 0 Å². The van der Waals surface area contributed by atoms with Gasteiger partial charge < -0.3 is 4.74 Å². The highest BCUT2D eigenvalue weighted by Crippen LogP contribution is 2.33. The van der Waals surface area contributed by atoms with Gasteiger partial charge in [0.1, 0.15) is 0 Å². The van der Waals surface area contributed by atoms with E-state index in [0.29, 0.717) is 5.92 Å². The van der Waals surface area contributed by atoms with E-state index in [9.17, 15) is 4.79 Å². The van der Waals surface area contributed by atoms with Crippen LogP contribution in [0.1, 0.15) is 19.8 Å². The molecule has 0 spiro atoms. The summed E-state index contributed by atoms with van der Waals surface area (Å²) in [6.07, 6.45) is 3.60. The molecule has 0 N–H and O–H groups in total. The Kier molecular flexibility index (Phi) is 2.69. The zero-order valence-electron chi connectivity index (χ0n) is 7.59. The second-order valence-electron chi connectivity index (χ2n) is 3.16. The number of esters is 1. The molecule has 1 atom stereocenters. The van der Waals surface area contributed by atoms with Crippen LogP contribution in [0.25, 0.3) is 0 Å². The van der Waals surface area contributed by atoms with E-state index in [1.165, 1.54) is 7.11 Å². The van der Waals surface area contributed by atoms with Crippen molar-refractivity contribution in [2.45, 2.75) is 19.8 Å². The fourth-order valence-corrected chi connectivity index (χ4v) is 1.39. The van der Waals surface area contributed by atoms with Crippen molar-refractivity contribution in [3.05, 3.63) is 23.8 Å². The number of allylic oxidation sites excluding steroid dienone is 2. The molecule has 0 bridgehead atoms. The topological polar surface area (TPSA) is 26.3 Å². The van der Waals surface area contributed by atoms with Gasteiger partial charge in [-0.2, -0.15) is 0 Å². The van der Waals surface area contributed by atoms with Crippen LogP contribution in [0.15, 0.2) is 23.8 Å². The SMILES string of the molecule is C=C1/C(=C/C(=O)OC)CCC1C. The van der Waals surface area contributed by atoms with Crippen molar-refractivity contribution in [3.63, 3.8) is 0 Å². The van der Waals surface area contributed by atoms with Crippen molar-refractivity contribution >= 4 is 5.97 Å². The molecule has 0 aromatic heterocycles. The number of carbonyl (C=O) groups excluding carboxylic acids is 1. The van der Waals surface area contributed by atoms with E-state index < -0.39 is 0 Å². The summed E-state index contributed by atoms with van der Waals surface area (Å²) in [5.41, 5.74) is 2.13. The van der Waals surface area contributed by atoms with Crippen molar-refractivity contribution < 1.29 is 9.53 Å². The highest BCUT2D eigenvalue weighted by atomic mass is 16.5. The molecule has 1 fully saturated rings. The van der Waals surface area contributed by atoms with Crippen LogP contribution in [-0.2, 0) is 9.53 Å². The van der Waals surface area contributed by atoms with Gasteiger partial charge in [-0.05, 0) is 29.9 Å². The van der Waals surface area contributed by atoms with Crippen LogP contribution >= 0.6 is 0 Å². The van der Waals surface area contributed by atoms with Gasteiger partial charge in [-0.3, -0.25) is 0 Å². The van der Waals surface area contributed by atoms with Crippen LogP contribution in [0.5, 0.6) is 0 Å². The number of methoxy groups -OCH3 is 1. The number of hydrogen-bond acceptors (Lipinski definition) is 2. The van der Waals surface area contributed by atoms with E-state index in [0.717, 1.165) is 24.0 Å². The largest absolute Gasteiger partial charge is 0.466 e. The molecule has 1 rings (SSSR count). The highest BCUT2D eigenvalue weighted by molar-refractivity contribution is 5.83. The normalized spacial score (nSPS) is 26.3. The summed E-state index contributed by atoms with van der Waals surface area (Å²) in [7, 11) is 1.39. The monoisotopic (exact) mass is 166 g/mol. The third kappa shape index (κ3) is 1.76. The van der Waals surface area contributed by atoms with Crippen molar-refractivity contribution in [2.75, 3.05) is 7.11 Å². The molecular formula is C10H14O2. The molecule has 0 amide bonds. The minimum atomic E-state index is -0.278. The summed E-state index contributed by atoms with van der Waals surface area (Å²) >= 11 is 0. The predicted molar refractivity (Wildman–Crippen MR) is 47.6 cm³/mol. The summed E-state index contributed by atoms with van der Waals surface area (Å²) in [5, 5.41) is 0. The van der Waals surface area contributed by atoms with Crippen molar-refractivity contribution in [2.24, 2.45) is 5.92 Å². The zero-order valence-corrected chi connectivity index (χ0v) is 7.59. The third-order valence-electron chi connectivity index (χ3n) is 2.35. The van der Waals surface area contributed by atoms with Gasteiger partial charge in [-0.15, -0.1) is 0 Å². The van der Waals surface area contributed by atoms with Crippen LogP contribution in [0.4, 0.5) is 0 Å². The molecular weight excluding hydrogens is 152 g/mol. The zero-order chi connectivity index (χ0) is 9.14. The second kappa shape index (κ2) is 3.57. The summed E-state index contributed by atoms with van der Waals surface area (Å²) in [6, 6.07) is 0.